The molecule has 168 valence electrons. The average Bonchev–Trinajstić information content (AvgIpc) is 2.73. The number of aryl methyl sites for hydroxylation is 1. The molecule has 0 spiro atoms. The van der Waals surface area contributed by atoms with E-state index in [9.17, 15) is 18.5 Å². The second kappa shape index (κ2) is 11.4. The van der Waals surface area contributed by atoms with Crippen LogP contribution in [0.15, 0.2) is 51.5 Å². The van der Waals surface area contributed by atoms with Crippen molar-refractivity contribution in [3.8, 4) is 11.5 Å². The van der Waals surface area contributed by atoms with Crippen molar-refractivity contribution in [3.63, 3.8) is 0 Å². The summed E-state index contributed by atoms with van der Waals surface area (Å²) in [6.45, 7) is 1.84. The summed E-state index contributed by atoms with van der Waals surface area (Å²) in [4.78, 5) is 10.3. The number of benzene rings is 2. The molecule has 0 atom stereocenters. The van der Waals surface area contributed by atoms with E-state index in [2.05, 4.69) is 10.2 Å². The lowest BCUT2D eigenvalue weighted by Gasteiger charge is -2.08. The highest BCUT2D eigenvalue weighted by Crippen LogP contribution is 2.33. The van der Waals surface area contributed by atoms with Gasteiger partial charge in [0.05, 0.1) is 41.9 Å². The van der Waals surface area contributed by atoms with E-state index in [4.69, 9.17) is 25.0 Å². The van der Waals surface area contributed by atoms with Crippen molar-refractivity contribution in [1.82, 2.24) is 5.48 Å². The molecule has 2 aromatic rings. The van der Waals surface area contributed by atoms with Gasteiger partial charge in [0.15, 0.2) is 11.5 Å². The molecule has 0 bridgehead atoms. The molecule has 0 aliphatic carbocycles. The quantitative estimate of drug-likeness (QED) is 0.163. The fourth-order valence-electron chi connectivity index (χ4n) is 2.03. The van der Waals surface area contributed by atoms with E-state index in [0.29, 0.717) is 5.75 Å². The zero-order valence-corrected chi connectivity index (χ0v) is 17.5. The summed E-state index contributed by atoms with van der Waals surface area (Å²) in [5, 5.41) is 26.2. The minimum Gasteiger partial charge on any atom is -0.493 e. The van der Waals surface area contributed by atoms with Gasteiger partial charge in [0, 0.05) is 0 Å². The van der Waals surface area contributed by atoms with Gasteiger partial charge in [-0.05, 0) is 25.1 Å². The van der Waals surface area contributed by atoms with Crippen LogP contribution in [-0.2, 0) is 10.1 Å². The Hall–Kier alpha value is -3.75. The molecule has 0 unspecified atom stereocenters. The van der Waals surface area contributed by atoms with E-state index in [0.717, 1.165) is 11.8 Å². The first-order chi connectivity index (χ1) is 14.5. The molecular weight excluding hydrogens is 434 g/mol. The lowest BCUT2D eigenvalue weighted by molar-refractivity contribution is -0.385. The highest BCUT2D eigenvalue weighted by molar-refractivity contribution is 7.85. The Morgan fingerprint density at radius 2 is 1.74 bits per heavy atom. The van der Waals surface area contributed by atoms with Gasteiger partial charge < -0.3 is 15.2 Å². The largest absolute Gasteiger partial charge is 0.493 e. The maximum absolute atomic E-state index is 11.0. The van der Waals surface area contributed by atoms with Crippen molar-refractivity contribution < 1.29 is 32.6 Å². The molecule has 0 aliphatic rings. The van der Waals surface area contributed by atoms with Crippen LogP contribution >= 0.6 is 0 Å². The number of hydrogen-bond donors (Lipinski definition) is 4. The van der Waals surface area contributed by atoms with Crippen molar-refractivity contribution in [2.45, 2.75) is 11.8 Å². The minimum absolute atomic E-state index is 0.0666. The number of methoxy groups -OCH3 is 2. The van der Waals surface area contributed by atoms with Crippen molar-refractivity contribution in [2.75, 3.05) is 14.2 Å². The molecule has 0 heterocycles. The first-order valence-electron chi connectivity index (χ1n) is 8.24. The number of nitrogens with two attached hydrogens (primary N) is 1. The minimum atomic E-state index is -4.02. The van der Waals surface area contributed by atoms with E-state index in [1.165, 1.54) is 38.5 Å². The third-order valence-electron chi connectivity index (χ3n) is 3.53. The maximum Gasteiger partial charge on any atom is 0.294 e. The van der Waals surface area contributed by atoms with Crippen LogP contribution in [-0.4, -0.2) is 49.5 Å². The molecule has 0 radical (unpaired) electrons. The molecule has 0 aliphatic heterocycles. The zero-order chi connectivity index (χ0) is 23.6. The molecule has 13 nitrogen and oxygen atoms in total. The van der Waals surface area contributed by atoms with Crippen molar-refractivity contribution in [2.24, 2.45) is 15.9 Å². The zero-order valence-electron chi connectivity index (χ0n) is 16.7. The summed E-state index contributed by atoms with van der Waals surface area (Å²) in [6.07, 6.45) is 1.10. The van der Waals surface area contributed by atoms with E-state index in [1.807, 2.05) is 6.92 Å². The van der Waals surface area contributed by atoms with E-state index < -0.39 is 15.0 Å². The van der Waals surface area contributed by atoms with Crippen LogP contribution in [0.25, 0.3) is 0 Å². The second-order valence-corrected chi connectivity index (χ2v) is 7.07. The number of hydroxylamine groups is 1. The number of rotatable bonds is 6. The fourth-order valence-corrected chi connectivity index (χ4v) is 2.51. The standard InChI is InChI=1S/C10H13N5O5.C7H8O3S/c1-19-8-3-6(5-12-13-10(11)14-16)7(15(17)18)4-9(8)20-2;1-6-2-4-7(5-3-6)11(8,9)10/h3-5,16H,1-2H3,(H3,11,13,14);2-5H,1H3,(H,8,9,10)/b12-5+;. The van der Waals surface area contributed by atoms with Crippen LogP contribution in [0.1, 0.15) is 11.1 Å². The van der Waals surface area contributed by atoms with Gasteiger partial charge in [0.1, 0.15) is 0 Å². The van der Waals surface area contributed by atoms with E-state index >= 15 is 0 Å². The first-order valence-corrected chi connectivity index (χ1v) is 9.68. The number of guanidine groups is 1. The Kier molecular flexibility index (Phi) is 9.33. The number of nitrogens with one attached hydrogen (secondary N) is 1. The van der Waals surface area contributed by atoms with Gasteiger partial charge in [-0.3, -0.25) is 19.9 Å². The summed E-state index contributed by atoms with van der Waals surface area (Å²) in [5.74, 6) is 0.164. The summed E-state index contributed by atoms with van der Waals surface area (Å²) in [5.41, 5.74) is 7.56. The molecule has 0 aromatic heterocycles. The van der Waals surface area contributed by atoms with Crippen molar-refractivity contribution in [3.05, 3.63) is 57.6 Å². The average molecular weight is 455 g/mol. The van der Waals surface area contributed by atoms with E-state index in [-0.39, 0.29) is 27.9 Å². The molecule has 5 N–H and O–H groups in total. The molecule has 0 amide bonds. The molecule has 2 rings (SSSR count). The van der Waals surface area contributed by atoms with Gasteiger partial charge in [-0.2, -0.15) is 13.5 Å². The Bertz CT molecular complexity index is 1070. The summed E-state index contributed by atoms with van der Waals surface area (Å²) in [6, 6.07) is 8.57. The fraction of sp³-hybridized carbons (Fsp3) is 0.176. The highest BCUT2D eigenvalue weighted by atomic mass is 32.2. The van der Waals surface area contributed by atoms with Crippen LogP contribution in [0.3, 0.4) is 0 Å². The van der Waals surface area contributed by atoms with Crippen LogP contribution in [0.5, 0.6) is 11.5 Å². The van der Waals surface area contributed by atoms with Crippen molar-refractivity contribution >= 4 is 28.0 Å². The van der Waals surface area contributed by atoms with Gasteiger partial charge in [0.2, 0.25) is 5.96 Å². The molecule has 14 heteroatoms. The van der Waals surface area contributed by atoms with Gasteiger partial charge in [-0.15, -0.1) is 5.10 Å². The lowest BCUT2D eigenvalue weighted by Crippen LogP contribution is -2.27. The second-order valence-electron chi connectivity index (χ2n) is 5.65. The Balaban J connectivity index is 0.000000367. The number of nitro benzene ring substituents is 1. The third-order valence-corrected chi connectivity index (χ3v) is 4.39. The lowest BCUT2D eigenvalue weighted by atomic mass is 10.1. The highest BCUT2D eigenvalue weighted by Gasteiger charge is 2.18. The summed E-state index contributed by atoms with van der Waals surface area (Å²) >= 11 is 0. The van der Waals surface area contributed by atoms with Crippen LogP contribution < -0.4 is 20.7 Å². The topological polar surface area (TPSA) is 199 Å². The molecular formula is C17H21N5O8S. The predicted octanol–water partition coefficient (Wildman–Crippen LogP) is 1.48. The molecule has 2 aromatic carbocycles. The first kappa shape index (κ1) is 25.3. The monoisotopic (exact) mass is 455 g/mol. The predicted molar refractivity (Wildman–Crippen MR) is 111 cm³/mol. The molecule has 0 saturated carbocycles. The summed E-state index contributed by atoms with van der Waals surface area (Å²) in [7, 11) is -1.25. The molecule has 0 fully saturated rings. The SMILES string of the molecule is COc1cc(/C=N/N=C(\N)NO)c([N+](=O)[O-])cc1OC.Cc1ccc(S(=O)(=O)O)cc1. The number of hydrogen-bond acceptors (Lipinski definition) is 9. The van der Waals surface area contributed by atoms with Crippen molar-refractivity contribution in [1.29, 1.82) is 0 Å². The smallest absolute Gasteiger partial charge is 0.294 e. The Labute approximate surface area is 177 Å². The van der Waals surface area contributed by atoms with Gasteiger partial charge in [-0.25, -0.2) is 5.48 Å². The molecule has 31 heavy (non-hydrogen) atoms. The summed E-state index contributed by atoms with van der Waals surface area (Å²) < 4.78 is 39.6. The van der Waals surface area contributed by atoms with Gasteiger partial charge in [-0.1, -0.05) is 17.7 Å². The van der Waals surface area contributed by atoms with Crippen LogP contribution in [0.2, 0.25) is 0 Å². The van der Waals surface area contributed by atoms with Gasteiger partial charge in [0.25, 0.3) is 15.8 Å². The maximum atomic E-state index is 11.0. The molecule has 0 saturated heterocycles. The Morgan fingerprint density at radius 3 is 2.19 bits per heavy atom. The van der Waals surface area contributed by atoms with Crippen LogP contribution in [0, 0.1) is 17.0 Å². The third kappa shape index (κ3) is 7.88. The normalized spacial score (nSPS) is 11.5. The number of nitrogens with zero attached hydrogens (tertiary/aromatic N) is 3. The Morgan fingerprint density at radius 1 is 1.19 bits per heavy atom. The van der Waals surface area contributed by atoms with Crippen LogP contribution in [0.4, 0.5) is 5.69 Å². The number of nitro groups is 1. The number of ether oxygens (including phenoxy) is 2. The van der Waals surface area contributed by atoms with E-state index in [1.54, 1.807) is 17.6 Å². The van der Waals surface area contributed by atoms with Gasteiger partial charge >= 0.3 is 0 Å².